The molecule has 2 heterocycles. The zero-order chi connectivity index (χ0) is 17.3. The molecule has 1 atom stereocenters. The summed E-state index contributed by atoms with van der Waals surface area (Å²) >= 11 is 6.18. The number of rotatable bonds is 5. The topological polar surface area (TPSA) is 105 Å². The van der Waals surface area contributed by atoms with E-state index in [0.717, 1.165) is 29.5 Å². The Hall–Kier alpha value is -1.67. The van der Waals surface area contributed by atoms with Crippen LogP contribution in [0.25, 0.3) is 11.0 Å². The number of amides is 1. The van der Waals surface area contributed by atoms with Gasteiger partial charge in [-0.2, -0.15) is 0 Å². The summed E-state index contributed by atoms with van der Waals surface area (Å²) in [6.45, 7) is 0.368. The second-order valence-corrected chi connectivity index (χ2v) is 8.80. The maximum atomic E-state index is 12.3. The normalized spacial score (nSPS) is 17.7. The maximum Gasteiger partial charge on any atom is 0.223 e. The summed E-state index contributed by atoms with van der Waals surface area (Å²) in [5.41, 5.74) is 2.78. The fraction of sp³-hybridized carbons (Fsp3) is 0.533. The standard InChI is InChI=1S/C15H19ClN4O3S/c1-24(22,23)6-2-5-17-15(21)9-3-4-11-10(7-9)12-13(16)18-8-19-14(12)20-11/h8-9H,2-7H2,1H3,(H,17,21)(H,18,19,20). The van der Waals surface area contributed by atoms with E-state index in [1.165, 1.54) is 12.6 Å². The number of carbonyl (C=O) groups is 1. The molecule has 0 radical (unpaired) electrons. The van der Waals surface area contributed by atoms with Gasteiger partial charge in [-0.3, -0.25) is 4.79 Å². The summed E-state index contributed by atoms with van der Waals surface area (Å²) in [6.07, 6.45) is 5.11. The Balaban J connectivity index is 1.66. The van der Waals surface area contributed by atoms with Gasteiger partial charge in [-0.25, -0.2) is 18.4 Å². The molecule has 0 aromatic carbocycles. The molecule has 3 rings (SSSR count). The lowest BCUT2D eigenvalue weighted by Gasteiger charge is -2.21. The Kier molecular flexibility index (Phi) is 4.78. The summed E-state index contributed by atoms with van der Waals surface area (Å²) in [7, 11) is -2.99. The van der Waals surface area contributed by atoms with Crippen LogP contribution in [-0.2, 0) is 27.5 Å². The van der Waals surface area contributed by atoms with E-state index in [2.05, 4.69) is 20.3 Å². The first-order valence-corrected chi connectivity index (χ1v) is 10.2. The van der Waals surface area contributed by atoms with E-state index in [9.17, 15) is 13.2 Å². The van der Waals surface area contributed by atoms with Crippen molar-refractivity contribution in [3.63, 3.8) is 0 Å². The first kappa shape index (κ1) is 17.2. The number of aromatic nitrogens is 3. The number of hydrogen-bond donors (Lipinski definition) is 2. The van der Waals surface area contributed by atoms with Gasteiger partial charge in [-0.15, -0.1) is 0 Å². The van der Waals surface area contributed by atoms with Crippen molar-refractivity contribution in [2.75, 3.05) is 18.6 Å². The molecule has 2 N–H and O–H groups in total. The van der Waals surface area contributed by atoms with E-state index in [1.54, 1.807) is 0 Å². The quantitative estimate of drug-likeness (QED) is 0.609. The molecule has 0 bridgehead atoms. The fourth-order valence-corrected chi connectivity index (χ4v) is 4.03. The zero-order valence-corrected chi connectivity index (χ0v) is 14.9. The average Bonchev–Trinajstić information content (AvgIpc) is 2.89. The fourth-order valence-electron chi connectivity index (χ4n) is 3.12. The highest BCUT2D eigenvalue weighted by atomic mass is 35.5. The second kappa shape index (κ2) is 6.68. The van der Waals surface area contributed by atoms with Crippen molar-refractivity contribution in [3.05, 3.63) is 22.7 Å². The van der Waals surface area contributed by atoms with Gasteiger partial charge >= 0.3 is 0 Å². The molecule has 130 valence electrons. The molecule has 1 unspecified atom stereocenters. The number of aryl methyl sites for hydroxylation is 1. The second-order valence-electron chi connectivity index (χ2n) is 6.18. The van der Waals surface area contributed by atoms with Crippen LogP contribution in [0.3, 0.4) is 0 Å². The van der Waals surface area contributed by atoms with Crippen molar-refractivity contribution in [3.8, 4) is 0 Å². The molecule has 2 aromatic heterocycles. The lowest BCUT2D eigenvalue weighted by molar-refractivity contribution is -0.125. The predicted octanol–water partition coefficient (Wildman–Crippen LogP) is 1.27. The smallest absolute Gasteiger partial charge is 0.223 e. The third-order valence-corrected chi connectivity index (χ3v) is 5.61. The van der Waals surface area contributed by atoms with Gasteiger partial charge in [0.2, 0.25) is 5.91 Å². The van der Waals surface area contributed by atoms with Crippen LogP contribution in [0.2, 0.25) is 5.15 Å². The van der Waals surface area contributed by atoms with E-state index in [1.807, 2.05) is 0 Å². The van der Waals surface area contributed by atoms with E-state index >= 15 is 0 Å². The number of carbonyl (C=O) groups excluding carboxylic acids is 1. The molecule has 1 aliphatic carbocycles. The molecule has 7 nitrogen and oxygen atoms in total. The Morgan fingerprint density at radius 1 is 1.46 bits per heavy atom. The predicted molar refractivity (Wildman–Crippen MR) is 91.8 cm³/mol. The highest BCUT2D eigenvalue weighted by Gasteiger charge is 2.28. The van der Waals surface area contributed by atoms with Crippen LogP contribution >= 0.6 is 11.6 Å². The van der Waals surface area contributed by atoms with Crippen LogP contribution < -0.4 is 5.32 Å². The van der Waals surface area contributed by atoms with Crippen molar-refractivity contribution in [1.82, 2.24) is 20.3 Å². The van der Waals surface area contributed by atoms with Gasteiger partial charge in [0.05, 0.1) is 11.1 Å². The minimum Gasteiger partial charge on any atom is -0.356 e. The number of sulfone groups is 1. The summed E-state index contributed by atoms with van der Waals surface area (Å²) in [5.74, 6) is -0.111. The summed E-state index contributed by atoms with van der Waals surface area (Å²) in [5, 5.41) is 4.02. The molecule has 0 fully saturated rings. The number of nitrogens with one attached hydrogen (secondary N) is 2. The van der Waals surface area contributed by atoms with Crippen molar-refractivity contribution in [2.24, 2.45) is 5.92 Å². The molecule has 1 amide bonds. The third kappa shape index (κ3) is 3.70. The van der Waals surface area contributed by atoms with Gasteiger partial charge in [-0.05, 0) is 31.2 Å². The SMILES string of the molecule is CS(=O)(=O)CCCNC(=O)C1CCc2[nH]c3ncnc(Cl)c3c2C1. The average molecular weight is 371 g/mol. The molecule has 1 aliphatic rings. The number of aromatic amines is 1. The van der Waals surface area contributed by atoms with Crippen LogP contribution in [0.1, 0.15) is 24.1 Å². The monoisotopic (exact) mass is 370 g/mol. The van der Waals surface area contributed by atoms with Crippen LogP contribution in [0.15, 0.2) is 6.33 Å². The van der Waals surface area contributed by atoms with Gasteiger partial charge < -0.3 is 10.3 Å². The number of hydrogen-bond acceptors (Lipinski definition) is 5. The molecule has 0 spiro atoms. The summed E-state index contributed by atoms with van der Waals surface area (Å²) < 4.78 is 22.2. The van der Waals surface area contributed by atoms with E-state index < -0.39 is 9.84 Å². The summed E-state index contributed by atoms with van der Waals surface area (Å²) in [6, 6.07) is 0. The number of fused-ring (bicyclic) bond motifs is 3. The van der Waals surface area contributed by atoms with E-state index in [4.69, 9.17) is 11.6 Å². The molecule has 0 saturated carbocycles. The van der Waals surface area contributed by atoms with Gasteiger partial charge in [-0.1, -0.05) is 11.6 Å². The van der Waals surface area contributed by atoms with E-state index in [-0.39, 0.29) is 17.6 Å². The molecule has 2 aromatic rings. The Morgan fingerprint density at radius 2 is 2.25 bits per heavy atom. The molecular formula is C15H19ClN4O3S. The van der Waals surface area contributed by atoms with Gasteiger partial charge in [0.1, 0.15) is 27.0 Å². The first-order valence-electron chi connectivity index (χ1n) is 7.80. The highest BCUT2D eigenvalue weighted by Crippen LogP contribution is 2.33. The lowest BCUT2D eigenvalue weighted by atomic mass is 9.86. The van der Waals surface area contributed by atoms with Crippen molar-refractivity contribution < 1.29 is 13.2 Å². The maximum absolute atomic E-state index is 12.3. The Bertz CT molecular complexity index is 878. The van der Waals surface area contributed by atoms with E-state index in [0.29, 0.717) is 30.2 Å². The molecular weight excluding hydrogens is 352 g/mol. The first-order chi connectivity index (χ1) is 11.3. The van der Waals surface area contributed by atoms with Gasteiger partial charge in [0, 0.05) is 24.4 Å². The third-order valence-electron chi connectivity index (χ3n) is 4.29. The van der Waals surface area contributed by atoms with Gasteiger partial charge in [0.25, 0.3) is 0 Å². The van der Waals surface area contributed by atoms with Crippen LogP contribution in [0, 0.1) is 5.92 Å². The van der Waals surface area contributed by atoms with Crippen LogP contribution in [-0.4, -0.2) is 47.8 Å². The largest absolute Gasteiger partial charge is 0.356 e. The van der Waals surface area contributed by atoms with Crippen molar-refractivity contribution in [1.29, 1.82) is 0 Å². The molecule has 9 heteroatoms. The highest BCUT2D eigenvalue weighted by molar-refractivity contribution is 7.90. The van der Waals surface area contributed by atoms with Crippen molar-refractivity contribution >= 4 is 38.4 Å². The summed E-state index contributed by atoms with van der Waals surface area (Å²) in [4.78, 5) is 23.8. The minimum atomic E-state index is -2.99. The minimum absolute atomic E-state index is 0.0449. The number of halogens is 1. The number of H-pyrrole nitrogens is 1. The van der Waals surface area contributed by atoms with Crippen LogP contribution in [0.4, 0.5) is 0 Å². The molecule has 0 aliphatic heterocycles. The zero-order valence-electron chi connectivity index (χ0n) is 13.3. The lowest BCUT2D eigenvalue weighted by Crippen LogP contribution is -2.35. The Labute approximate surface area is 145 Å². The Morgan fingerprint density at radius 3 is 3.00 bits per heavy atom. The number of nitrogens with zero attached hydrogens (tertiary/aromatic N) is 2. The molecule has 0 saturated heterocycles. The van der Waals surface area contributed by atoms with Crippen molar-refractivity contribution in [2.45, 2.75) is 25.7 Å². The van der Waals surface area contributed by atoms with Gasteiger partial charge in [0.15, 0.2) is 0 Å². The van der Waals surface area contributed by atoms with Crippen LogP contribution in [0.5, 0.6) is 0 Å². The molecule has 24 heavy (non-hydrogen) atoms.